The summed E-state index contributed by atoms with van der Waals surface area (Å²) in [7, 11) is 0. The van der Waals surface area contributed by atoms with Gasteiger partial charge in [0, 0.05) is 24.4 Å². The van der Waals surface area contributed by atoms with Crippen molar-refractivity contribution in [3.05, 3.63) is 33.0 Å². The Bertz CT molecular complexity index is 697. The molecule has 0 saturated heterocycles. The molecule has 0 saturated carbocycles. The summed E-state index contributed by atoms with van der Waals surface area (Å²) in [5.41, 5.74) is 1.01. The van der Waals surface area contributed by atoms with E-state index in [2.05, 4.69) is 10.3 Å². The normalized spacial score (nSPS) is 14.3. The zero-order valence-corrected chi connectivity index (χ0v) is 14.3. The Labute approximate surface area is 142 Å². The van der Waals surface area contributed by atoms with Crippen LogP contribution in [-0.2, 0) is 22.5 Å². The third-order valence-corrected chi connectivity index (χ3v) is 5.30. The molecule has 0 unspecified atom stereocenters. The van der Waals surface area contributed by atoms with Crippen molar-refractivity contribution in [3.8, 4) is 0 Å². The molecule has 0 aromatic carbocycles. The Balaban J connectivity index is 1.62. The van der Waals surface area contributed by atoms with Crippen molar-refractivity contribution in [2.45, 2.75) is 19.9 Å². The highest BCUT2D eigenvalue weighted by Crippen LogP contribution is 2.28. The molecule has 1 aliphatic heterocycles. The molecule has 6 nitrogen and oxygen atoms in total. The summed E-state index contributed by atoms with van der Waals surface area (Å²) >= 11 is 2.88. The van der Waals surface area contributed by atoms with E-state index in [4.69, 9.17) is 4.74 Å². The molecule has 0 fully saturated rings. The van der Waals surface area contributed by atoms with Crippen molar-refractivity contribution in [1.82, 2.24) is 9.88 Å². The van der Waals surface area contributed by atoms with Crippen LogP contribution in [-0.4, -0.2) is 41.5 Å². The summed E-state index contributed by atoms with van der Waals surface area (Å²) in [6, 6.07) is 3.63. The number of hydrogen-bond acceptors (Lipinski definition) is 7. The van der Waals surface area contributed by atoms with Gasteiger partial charge in [-0.15, -0.1) is 22.7 Å². The third-order valence-electron chi connectivity index (χ3n) is 3.43. The minimum atomic E-state index is -0.202. The number of carbonyl (C=O) groups is 2. The number of ether oxygens (including phenoxy) is 1. The maximum atomic E-state index is 12.1. The number of aromatic nitrogens is 1. The van der Waals surface area contributed by atoms with Crippen LogP contribution in [0, 0.1) is 0 Å². The summed E-state index contributed by atoms with van der Waals surface area (Å²) in [4.78, 5) is 31.9. The first kappa shape index (κ1) is 16.1. The van der Waals surface area contributed by atoms with Gasteiger partial charge in [0.05, 0.1) is 23.7 Å². The summed E-state index contributed by atoms with van der Waals surface area (Å²) in [5.74, 6) is -0.332. The zero-order chi connectivity index (χ0) is 16.2. The van der Waals surface area contributed by atoms with E-state index in [0.717, 1.165) is 23.5 Å². The van der Waals surface area contributed by atoms with Crippen LogP contribution in [0.25, 0.3) is 0 Å². The molecule has 0 radical (unpaired) electrons. The van der Waals surface area contributed by atoms with Crippen LogP contribution < -0.4 is 5.32 Å². The number of thiophene rings is 1. The second-order valence-corrected chi connectivity index (χ2v) is 7.12. The molecule has 8 heteroatoms. The number of nitrogens with zero attached hydrogens (tertiary/aromatic N) is 2. The summed E-state index contributed by atoms with van der Waals surface area (Å²) in [6.07, 6.45) is 0.778. The lowest BCUT2D eigenvalue weighted by atomic mass is 10.2. The first-order chi connectivity index (χ1) is 11.2. The van der Waals surface area contributed by atoms with Crippen LogP contribution in [0.5, 0.6) is 0 Å². The summed E-state index contributed by atoms with van der Waals surface area (Å²) in [5, 5.41) is 5.33. The number of thiazole rings is 1. The van der Waals surface area contributed by atoms with Crippen molar-refractivity contribution in [3.63, 3.8) is 0 Å². The van der Waals surface area contributed by atoms with Gasteiger partial charge in [-0.3, -0.25) is 19.8 Å². The van der Waals surface area contributed by atoms with Gasteiger partial charge in [0.15, 0.2) is 5.13 Å². The predicted octanol–water partition coefficient (Wildman–Crippen LogP) is 2.38. The van der Waals surface area contributed by atoms with Crippen LogP contribution in [0.15, 0.2) is 17.5 Å². The lowest BCUT2D eigenvalue weighted by Gasteiger charge is -2.24. The largest absolute Gasteiger partial charge is 0.465 e. The minimum absolute atomic E-state index is 0.130. The van der Waals surface area contributed by atoms with E-state index in [9.17, 15) is 9.59 Å². The van der Waals surface area contributed by atoms with E-state index in [-0.39, 0.29) is 11.9 Å². The highest BCUT2D eigenvalue weighted by molar-refractivity contribution is 7.16. The number of rotatable bonds is 5. The maximum Gasteiger partial charge on any atom is 0.320 e. The average Bonchev–Trinajstić information content (AvgIpc) is 3.15. The fraction of sp³-hybridized carbons (Fsp3) is 0.400. The molecule has 122 valence electrons. The van der Waals surface area contributed by atoms with E-state index in [0.29, 0.717) is 29.7 Å². The van der Waals surface area contributed by atoms with Crippen LogP contribution in [0.2, 0.25) is 0 Å². The Kier molecular flexibility index (Phi) is 5.04. The zero-order valence-electron chi connectivity index (χ0n) is 12.7. The van der Waals surface area contributed by atoms with Gasteiger partial charge in [-0.05, 0) is 18.4 Å². The fourth-order valence-corrected chi connectivity index (χ4v) is 4.06. The van der Waals surface area contributed by atoms with Gasteiger partial charge in [-0.2, -0.15) is 0 Å². The first-order valence-corrected chi connectivity index (χ1v) is 9.06. The topological polar surface area (TPSA) is 71.5 Å². The predicted molar refractivity (Wildman–Crippen MR) is 90.0 cm³/mol. The summed E-state index contributed by atoms with van der Waals surface area (Å²) in [6.45, 7) is 3.94. The second kappa shape index (κ2) is 7.20. The fourth-order valence-electron chi connectivity index (χ4n) is 2.39. The lowest BCUT2D eigenvalue weighted by Crippen LogP contribution is -2.35. The molecule has 3 rings (SSSR count). The van der Waals surface area contributed by atoms with Crippen molar-refractivity contribution in [2.24, 2.45) is 0 Å². The van der Waals surface area contributed by atoms with Crippen LogP contribution in [0.1, 0.15) is 27.2 Å². The van der Waals surface area contributed by atoms with E-state index in [1.165, 1.54) is 22.7 Å². The molecule has 2 aromatic rings. The Morgan fingerprint density at radius 3 is 3.09 bits per heavy atom. The molecule has 3 heterocycles. The number of nitrogens with one attached hydrogen (secondary N) is 1. The van der Waals surface area contributed by atoms with E-state index in [1.54, 1.807) is 13.0 Å². The highest BCUT2D eigenvalue weighted by Gasteiger charge is 2.23. The molecule has 2 aromatic heterocycles. The van der Waals surface area contributed by atoms with Gasteiger partial charge in [-0.25, -0.2) is 4.98 Å². The third kappa shape index (κ3) is 3.95. The molecule has 0 spiro atoms. The average molecular weight is 351 g/mol. The smallest absolute Gasteiger partial charge is 0.320 e. The molecule has 23 heavy (non-hydrogen) atoms. The lowest BCUT2D eigenvalue weighted by molar-refractivity contribution is -0.144. The van der Waals surface area contributed by atoms with Crippen molar-refractivity contribution in [2.75, 3.05) is 25.0 Å². The monoisotopic (exact) mass is 351 g/mol. The minimum Gasteiger partial charge on any atom is -0.465 e. The summed E-state index contributed by atoms with van der Waals surface area (Å²) < 4.78 is 4.98. The number of fused-ring (bicyclic) bond motifs is 1. The molecule has 0 atom stereocenters. The number of esters is 1. The molecule has 1 N–H and O–H groups in total. The first-order valence-electron chi connectivity index (χ1n) is 7.37. The highest BCUT2D eigenvalue weighted by atomic mass is 32.1. The number of amides is 1. The Hall–Kier alpha value is -1.77. The second-order valence-electron chi connectivity index (χ2n) is 5.09. The van der Waals surface area contributed by atoms with Gasteiger partial charge in [0.1, 0.15) is 0 Å². The number of carbonyl (C=O) groups excluding carboxylic acids is 2. The SMILES string of the molecule is CCOC(=O)CN1CCc2nc(NC(=O)c3cccs3)sc2C1. The number of anilines is 1. The van der Waals surface area contributed by atoms with Crippen molar-refractivity contribution < 1.29 is 14.3 Å². The number of hydrogen-bond donors (Lipinski definition) is 1. The Morgan fingerprint density at radius 1 is 1.48 bits per heavy atom. The molecule has 0 aliphatic carbocycles. The van der Waals surface area contributed by atoms with Gasteiger partial charge < -0.3 is 4.74 Å². The van der Waals surface area contributed by atoms with Crippen molar-refractivity contribution >= 4 is 39.7 Å². The van der Waals surface area contributed by atoms with Crippen molar-refractivity contribution in [1.29, 1.82) is 0 Å². The maximum absolute atomic E-state index is 12.1. The molecular formula is C15H17N3O3S2. The standard InChI is InChI=1S/C15H17N3O3S2/c1-2-21-13(19)9-18-6-5-10-12(8-18)23-15(16-10)17-14(20)11-4-3-7-22-11/h3-4,7H,2,5-6,8-9H2,1H3,(H,16,17,20). The van der Waals surface area contributed by atoms with Gasteiger partial charge in [0.25, 0.3) is 5.91 Å². The van der Waals surface area contributed by atoms with Crippen LogP contribution in [0.4, 0.5) is 5.13 Å². The molecule has 1 amide bonds. The van der Waals surface area contributed by atoms with Gasteiger partial charge >= 0.3 is 5.97 Å². The Morgan fingerprint density at radius 2 is 2.35 bits per heavy atom. The van der Waals surface area contributed by atoms with E-state index >= 15 is 0 Å². The molecule has 0 bridgehead atoms. The van der Waals surface area contributed by atoms with Crippen LogP contribution >= 0.6 is 22.7 Å². The molecular weight excluding hydrogens is 334 g/mol. The van der Waals surface area contributed by atoms with Crippen LogP contribution in [0.3, 0.4) is 0 Å². The van der Waals surface area contributed by atoms with Gasteiger partial charge in [0.2, 0.25) is 0 Å². The van der Waals surface area contributed by atoms with Gasteiger partial charge in [-0.1, -0.05) is 6.07 Å². The van der Waals surface area contributed by atoms with E-state index in [1.807, 2.05) is 16.3 Å². The van der Waals surface area contributed by atoms with E-state index < -0.39 is 0 Å². The quantitative estimate of drug-likeness (QED) is 0.838. The molecule has 1 aliphatic rings.